The first kappa shape index (κ1) is 11.5. The van der Waals surface area contributed by atoms with Crippen molar-refractivity contribution in [3.05, 3.63) is 36.0 Å². The molecule has 88 valence electrons. The largest absolute Gasteiger partial charge is 0.295 e. The third-order valence-electron chi connectivity index (χ3n) is 2.64. The van der Waals surface area contributed by atoms with Crippen molar-refractivity contribution in [2.75, 3.05) is 14.2 Å². The summed E-state index contributed by atoms with van der Waals surface area (Å²) in [5.74, 6) is -1.12. The maximum atomic E-state index is 11.8. The topological polar surface area (TPSA) is 59.0 Å². The Morgan fingerprint density at radius 3 is 2.94 bits per heavy atom. The number of carbonyl (C=O) groups is 2. The van der Waals surface area contributed by atoms with Gasteiger partial charge in [-0.2, -0.15) is 0 Å². The lowest BCUT2D eigenvalue weighted by Crippen LogP contribution is -2.34. The SMILES string of the molecule is CON(C)C(=O)C1=NC(=O)C2C=CC=CC2=C1. The zero-order valence-corrected chi connectivity index (χ0v) is 9.58. The van der Waals surface area contributed by atoms with E-state index in [1.54, 1.807) is 24.3 Å². The minimum Gasteiger partial charge on any atom is -0.274 e. The number of allylic oxidation sites excluding steroid dienone is 3. The predicted octanol–water partition coefficient (Wildman–Crippen LogP) is 0.656. The number of nitrogens with zero attached hydrogens (tertiary/aromatic N) is 2. The molecule has 0 spiro atoms. The van der Waals surface area contributed by atoms with Crippen LogP contribution < -0.4 is 0 Å². The molecule has 1 heterocycles. The van der Waals surface area contributed by atoms with Crippen LogP contribution in [0.25, 0.3) is 0 Å². The third kappa shape index (κ3) is 2.09. The van der Waals surface area contributed by atoms with E-state index in [1.807, 2.05) is 6.08 Å². The van der Waals surface area contributed by atoms with E-state index in [4.69, 9.17) is 4.84 Å². The number of amides is 2. The van der Waals surface area contributed by atoms with Crippen molar-refractivity contribution in [2.24, 2.45) is 10.9 Å². The van der Waals surface area contributed by atoms with Crippen LogP contribution in [0.3, 0.4) is 0 Å². The van der Waals surface area contributed by atoms with Crippen LogP contribution in [0.4, 0.5) is 0 Å². The lowest BCUT2D eigenvalue weighted by molar-refractivity contribution is -0.160. The van der Waals surface area contributed by atoms with Crippen molar-refractivity contribution in [1.82, 2.24) is 5.06 Å². The van der Waals surface area contributed by atoms with E-state index in [9.17, 15) is 9.59 Å². The van der Waals surface area contributed by atoms with E-state index in [0.29, 0.717) is 0 Å². The van der Waals surface area contributed by atoms with Crippen LogP contribution in [0.15, 0.2) is 40.9 Å². The van der Waals surface area contributed by atoms with Gasteiger partial charge in [0.1, 0.15) is 5.71 Å². The van der Waals surface area contributed by atoms with Gasteiger partial charge in [-0.3, -0.25) is 14.4 Å². The normalized spacial score (nSPS) is 21.8. The Morgan fingerprint density at radius 1 is 1.47 bits per heavy atom. The van der Waals surface area contributed by atoms with Crippen LogP contribution in [0.5, 0.6) is 0 Å². The first-order chi connectivity index (χ1) is 8.13. The van der Waals surface area contributed by atoms with Crippen LogP contribution in [0.1, 0.15) is 0 Å². The Labute approximate surface area is 98.7 Å². The van der Waals surface area contributed by atoms with E-state index in [1.165, 1.54) is 14.2 Å². The molecule has 0 saturated carbocycles. The number of carbonyl (C=O) groups excluding carboxylic acids is 2. The summed E-state index contributed by atoms with van der Waals surface area (Å²) < 4.78 is 0. The van der Waals surface area contributed by atoms with Crippen LogP contribution in [-0.4, -0.2) is 36.7 Å². The van der Waals surface area contributed by atoms with Gasteiger partial charge in [-0.05, 0) is 11.6 Å². The summed E-state index contributed by atoms with van der Waals surface area (Å²) in [4.78, 5) is 32.1. The average molecular weight is 232 g/mol. The maximum absolute atomic E-state index is 11.8. The Balaban J connectivity index is 2.30. The molecule has 1 aliphatic carbocycles. The summed E-state index contributed by atoms with van der Waals surface area (Å²) in [6.07, 6.45) is 8.80. The van der Waals surface area contributed by atoms with Gasteiger partial charge in [-0.25, -0.2) is 10.1 Å². The number of hydrogen-bond acceptors (Lipinski definition) is 3. The number of fused-ring (bicyclic) bond motifs is 1. The molecule has 1 unspecified atom stereocenters. The first-order valence-corrected chi connectivity index (χ1v) is 5.14. The summed E-state index contributed by atoms with van der Waals surface area (Å²) in [6.45, 7) is 0. The molecule has 0 N–H and O–H groups in total. The molecule has 0 bridgehead atoms. The monoisotopic (exact) mass is 232 g/mol. The van der Waals surface area contributed by atoms with Gasteiger partial charge in [0.25, 0.3) is 11.8 Å². The van der Waals surface area contributed by atoms with Crippen molar-refractivity contribution in [3.63, 3.8) is 0 Å². The van der Waals surface area contributed by atoms with Crippen LogP contribution in [0, 0.1) is 5.92 Å². The molecule has 2 amide bonds. The molecule has 0 radical (unpaired) electrons. The van der Waals surface area contributed by atoms with Crippen molar-refractivity contribution in [1.29, 1.82) is 0 Å². The highest BCUT2D eigenvalue weighted by Gasteiger charge is 2.28. The highest BCUT2D eigenvalue weighted by Crippen LogP contribution is 2.23. The summed E-state index contributed by atoms with van der Waals surface area (Å²) in [5, 5.41) is 1.03. The van der Waals surface area contributed by atoms with E-state index in [0.717, 1.165) is 10.6 Å². The Morgan fingerprint density at radius 2 is 2.24 bits per heavy atom. The van der Waals surface area contributed by atoms with Gasteiger partial charge in [-0.15, -0.1) is 0 Å². The zero-order valence-electron chi connectivity index (χ0n) is 9.58. The fourth-order valence-corrected chi connectivity index (χ4v) is 1.65. The number of dihydropyridines is 1. The molecule has 5 nitrogen and oxygen atoms in total. The third-order valence-corrected chi connectivity index (χ3v) is 2.64. The summed E-state index contributed by atoms with van der Waals surface area (Å²) in [7, 11) is 2.85. The second kappa shape index (κ2) is 4.47. The van der Waals surface area contributed by atoms with Gasteiger partial charge in [0.15, 0.2) is 0 Å². The van der Waals surface area contributed by atoms with Gasteiger partial charge in [0.2, 0.25) is 0 Å². The molecular weight excluding hydrogens is 220 g/mol. The number of rotatable bonds is 2. The van der Waals surface area contributed by atoms with E-state index >= 15 is 0 Å². The standard InChI is InChI=1S/C12H12N2O3/c1-14(17-2)12(16)10-7-8-5-3-4-6-9(8)11(15)13-10/h3-7,9H,1-2H3. The quantitative estimate of drug-likeness (QED) is 0.657. The second-order valence-corrected chi connectivity index (χ2v) is 3.69. The molecule has 0 aromatic heterocycles. The summed E-state index contributed by atoms with van der Waals surface area (Å²) in [6, 6.07) is 0. The van der Waals surface area contributed by atoms with Gasteiger partial charge < -0.3 is 0 Å². The van der Waals surface area contributed by atoms with Crippen LogP contribution in [-0.2, 0) is 14.4 Å². The summed E-state index contributed by atoms with van der Waals surface area (Å²) in [5.41, 5.74) is 0.880. The first-order valence-electron chi connectivity index (χ1n) is 5.14. The Hall–Kier alpha value is -2.01. The molecule has 0 aromatic rings. The molecule has 1 aliphatic heterocycles. The fourth-order valence-electron chi connectivity index (χ4n) is 1.65. The van der Waals surface area contributed by atoms with E-state index in [2.05, 4.69) is 4.99 Å². The average Bonchev–Trinajstić information content (AvgIpc) is 2.37. The highest BCUT2D eigenvalue weighted by molar-refractivity contribution is 6.45. The van der Waals surface area contributed by atoms with Gasteiger partial charge in [0.05, 0.1) is 13.0 Å². The Kier molecular flexibility index (Phi) is 3.01. The van der Waals surface area contributed by atoms with Crippen LogP contribution in [0.2, 0.25) is 0 Å². The van der Waals surface area contributed by atoms with Crippen molar-refractivity contribution in [2.45, 2.75) is 0 Å². The summed E-state index contributed by atoms with van der Waals surface area (Å²) >= 11 is 0. The smallest absolute Gasteiger partial charge is 0.274 e. The minimum absolute atomic E-state index is 0.102. The van der Waals surface area contributed by atoms with Crippen molar-refractivity contribution in [3.8, 4) is 0 Å². The molecule has 1 atom stereocenters. The molecule has 5 heteroatoms. The number of hydroxylamine groups is 2. The lowest BCUT2D eigenvalue weighted by atomic mass is 9.90. The highest BCUT2D eigenvalue weighted by atomic mass is 16.7. The number of aliphatic imine (C=N–C) groups is 1. The maximum Gasteiger partial charge on any atom is 0.295 e. The van der Waals surface area contributed by atoms with Crippen molar-refractivity contribution < 1.29 is 14.4 Å². The molecular formula is C12H12N2O3. The zero-order chi connectivity index (χ0) is 12.4. The minimum atomic E-state index is -0.435. The predicted molar refractivity (Wildman–Crippen MR) is 62.1 cm³/mol. The second-order valence-electron chi connectivity index (χ2n) is 3.69. The molecule has 0 fully saturated rings. The fraction of sp³-hybridized carbons (Fsp3) is 0.250. The molecule has 0 aromatic carbocycles. The van der Waals surface area contributed by atoms with E-state index < -0.39 is 5.91 Å². The van der Waals surface area contributed by atoms with Gasteiger partial charge >= 0.3 is 0 Å². The number of hydrogen-bond donors (Lipinski definition) is 0. The van der Waals surface area contributed by atoms with Crippen LogP contribution >= 0.6 is 0 Å². The molecule has 0 saturated heterocycles. The molecule has 2 aliphatic rings. The molecule has 17 heavy (non-hydrogen) atoms. The van der Waals surface area contributed by atoms with E-state index in [-0.39, 0.29) is 17.5 Å². The lowest BCUT2D eigenvalue weighted by Gasteiger charge is -2.20. The van der Waals surface area contributed by atoms with Gasteiger partial charge in [-0.1, -0.05) is 24.3 Å². The Bertz CT molecular complexity index is 486. The van der Waals surface area contributed by atoms with Crippen molar-refractivity contribution >= 4 is 17.5 Å². The molecule has 2 rings (SSSR count). The van der Waals surface area contributed by atoms with Gasteiger partial charge in [0, 0.05) is 7.05 Å².